The van der Waals surface area contributed by atoms with Crippen LogP contribution in [0.15, 0.2) is 0 Å². The molecule has 2 fully saturated rings. The Hall–Kier alpha value is -0.120. The number of likely N-dealkylation sites (tertiary alicyclic amines) is 1. The van der Waals surface area contributed by atoms with E-state index in [9.17, 15) is 0 Å². The van der Waals surface area contributed by atoms with E-state index in [1.54, 1.807) is 0 Å². The van der Waals surface area contributed by atoms with Gasteiger partial charge in [0.2, 0.25) is 0 Å². The first kappa shape index (κ1) is 11.4. The Labute approximate surface area is 93.4 Å². The van der Waals surface area contributed by atoms with Crippen LogP contribution in [0.2, 0.25) is 0 Å². The van der Waals surface area contributed by atoms with Crippen molar-refractivity contribution in [2.75, 3.05) is 26.7 Å². The molecule has 1 atom stereocenters. The number of hydrogen-bond acceptors (Lipinski definition) is 3. The molecule has 0 aromatic carbocycles. The van der Waals surface area contributed by atoms with Gasteiger partial charge in [-0.25, -0.2) is 0 Å². The molecule has 0 spiro atoms. The van der Waals surface area contributed by atoms with Crippen molar-refractivity contribution in [3.05, 3.63) is 0 Å². The van der Waals surface area contributed by atoms with Crippen LogP contribution in [0.1, 0.15) is 38.5 Å². The fourth-order valence-electron chi connectivity index (χ4n) is 3.21. The van der Waals surface area contributed by atoms with Crippen molar-refractivity contribution >= 4 is 0 Å². The first-order valence-electron chi connectivity index (χ1n) is 6.40. The molecule has 15 heavy (non-hydrogen) atoms. The third-order valence-electron chi connectivity index (χ3n) is 4.02. The van der Waals surface area contributed by atoms with Crippen LogP contribution in [-0.4, -0.2) is 43.2 Å². The minimum Gasteiger partial charge on any atom is -0.329 e. The molecule has 3 N–H and O–H groups in total. The zero-order chi connectivity index (χ0) is 10.7. The second-order valence-corrected chi connectivity index (χ2v) is 5.45. The van der Waals surface area contributed by atoms with Gasteiger partial charge in [-0.15, -0.1) is 0 Å². The number of nitrogens with two attached hydrogens (primary N) is 1. The van der Waals surface area contributed by atoms with Crippen LogP contribution in [0.5, 0.6) is 0 Å². The molecule has 1 unspecified atom stereocenters. The predicted octanol–water partition coefficient (Wildman–Crippen LogP) is 0.942. The summed E-state index contributed by atoms with van der Waals surface area (Å²) in [5, 5.41) is 3.84. The molecule has 1 aliphatic heterocycles. The first-order valence-corrected chi connectivity index (χ1v) is 6.40. The SMILES string of the molecule is CN1CCCC(CN)(NC2CCCC2)C1. The van der Waals surface area contributed by atoms with Gasteiger partial charge in [-0.3, -0.25) is 0 Å². The minimum atomic E-state index is 0.210. The predicted molar refractivity (Wildman–Crippen MR) is 63.9 cm³/mol. The van der Waals surface area contributed by atoms with Gasteiger partial charge in [-0.05, 0) is 39.3 Å². The summed E-state index contributed by atoms with van der Waals surface area (Å²) in [5.41, 5.74) is 6.20. The van der Waals surface area contributed by atoms with Crippen LogP contribution < -0.4 is 11.1 Å². The quantitative estimate of drug-likeness (QED) is 0.730. The molecule has 2 rings (SSSR count). The van der Waals surface area contributed by atoms with E-state index < -0.39 is 0 Å². The van der Waals surface area contributed by atoms with Gasteiger partial charge in [0.25, 0.3) is 0 Å². The maximum atomic E-state index is 5.99. The van der Waals surface area contributed by atoms with Crippen LogP contribution in [0.4, 0.5) is 0 Å². The van der Waals surface area contributed by atoms with Crippen LogP contribution in [0, 0.1) is 0 Å². The molecule has 1 saturated carbocycles. The van der Waals surface area contributed by atoms with Crippen molar-refractivity contribution in [1.29, 1.82) is 0 Å². The number of rotatable bonds is 3. The van der Waals surface area contributed by atoms with Gasteiger partial charge >= 0.3 is 0 Å². The normalized spacial score (nSPS) is 34.8. The Bertz CT molecular complexity index is 201. The van der Waals surface area contributed by atoms with Gasteiger partial charge in [0.15, 0.2) is 0 Å². The molecule has 0 aromatic heterocycles. The number of nitrogens with zero attached hydrogens (tertiary/aromatic N) is 1. The van der Waals surface area contributed by atoms with E-state index in [1.807, 2.05) is 0 Å². The van der Waals surface area contributed by atoms with Gasteiger partial charge in [0.1, 0.15) is 0 Å². The van der Waals surface area contributed by atoms with Crippen molar-refractivity contribution < 1.29 is 0 Å². The van der Waals surface area contributed by atoms with Gasteiger partial charge < -0.3 is 16.0 Å². The molecule has 2 aliphatic rings. The summed E-state index contributed by atoms with van der Waals surface area (Å²) in [5.74, 6) is 0. The average molecular weight is 211 g/mol. The monoisotopic (exact) mass is 211 g/mol. The Morgan fingerprint density at radius 2 is 2.07 bits per heavy atom. The molecule has 88 valence electrons. The van der Waals surface area contributed by atoms with Crippen LogP contribution in [-0.2, 0) is 0 Å². The Balaban J connectivity index is 1.93. The zero-order valence-electron chi connectivity index (χ0n) is 9.97. The largest absolute Gasteiger partial charge is 0.329 e. The van der Waals surface area contributed by atoms with E-state index >= 15 is 0 Å². The topological polar surface area (TPSA) is 41.3 Å². The molecule has 0 amide bonds. The van der Waals surface area contributed by atoms with Crippen molar-refractivity contribution in [1.82, 2.24) is 10.2 Å². The third kappa shape index (κ3) is 2.71. The fraction of sp³-hybridized carbons (Fsp3) is 1.00. The van der Waals surface area contributed by atoms with Crippen molar-refractivity contribution in [2.45, 2.75) is 50.1 Å². The zero-order valence-corrected chi connectivity index (χ0v) is 9.97. The molecule has 3 nitrogen and oxygen atoms in total. The summed E-state index contributed by atoms with van der Waals surface area (Å²) < 4.78 is 0. The maximum Gasteiger partial charge on any atom is 0.0435 e. The van der Waals surface area contributed by atoms with E-state index in [1.165, 1.54) is 45.1 Å². The van der Waals surface area contributed by atoms with Crippen molar-refractivity contribution in [3.8, 4) is 0 Å². The highest BCUT2D eigenvalue weighted by Gasteiger charge is 2.35. The summed E-state index contributed by atoms with van der Waals surface area (Å²) in [6.45, 7) is 3.14. The summed E-state index contributed by atoms with van der Waals surface area (Å²) >= 11 is 0. The lowest BCUT2D eigenvalue weighted by Crippen LogP contribution is -2.62. The lowest BCUT2D eigenvalue weighted by Gasteiger charge is -2.43. The second kappa shape index (κ2) is 4.81. The Morgan fingerprint density at radius 3 is 2.67 bits per heavy atom. The van der Waals surface area contributed by atoms with Crippen molar-refractivity contribution in [2.24, 2.45) is 5.73 Å². The van der Waals surface area contributed by atoms with Crippen LogP contribution in [0.3, 0.4) is 0 Å². The lowest BCUT2D eigenvalue weighted by atomic mass is 9.88. The lowest BCUT2D eigenvalue weighted by molar-refractivity contribution is 0.137. The summed E-state index contributed by atoms with van der Waals surface area (Å²) in [4.78, 5) is 2.41. The number of likely N-dealkylation sites (N-methyl/N-ethyl adjacent to an activating group) is 1. The second-order valence-electron chi connectivity index (χ2n) is 5.45. The molecule has 1 saturated heterocycles. The highest BCUT2D eigenvalue weighted by molar-refractivity contribution is 4.97. The number of hydrogen-bond donors (Lipinski definition) is 2. The van der Waals surface area contributed by atoms with E-state index in [-0.39, 0.29) is 5.54 Å². The summed E-state index contributed by atoms with van der Waals surface area (Å²) in [7, 11) is 2.21. The summed E-state index contributed by atoms with van der Waals surface area (Å²) in [6.07, 6.45) is 8.04. The summed E-state index contributed by atoms with van der Waals surface area (Å²) in [6, 6.07) is 0.736. The fourth-order valence-corrected chi connectivity index (χ4v) is 3.21. The molecular weight excluding hydrogens is 186 g/mol. The molecule has 0 bridgehead atoms. The number of piperidine rings is 1. The van der Waals surface area contributed by atoms with Crippen molar-refractivity contribution in [3.63, 3.8) is 0 Å². The number of nitrogens with one attached hydrogen (secondary N) is 1. The first-order chi connectivity index (χ1) is 7.24. The molecule has 1 aliphatic carbocycles. The molecule has 3 heteroatoms. The van der Waals surface area contributed by atoms with E-state index in [0.717, 1.165) is 19.1 Å². The van der Waals surface area contributed by atoms with E-state index in [4.69, 9.17) is 5.73 Å². The van der Waals surface area contributed by atoms with Gasteiger partial charge in [0.05, 0.1) is 0 Å². The highest BCUT2D eigenvalue weighted by atomic mass is 15.2. The molecule has 0 aromatic rings. The standard InChI is InChI=1S/C12H25N3/c1-15-8-4-7-12(9-13,10-15)14-11-5-2-3-6-11/h11,14H,2-10,13H2,1H3. The van der Waals surface area contributed by atoms with Gasteiger partial charge in [-0.2, -0.15) is 0 Å². The highest BCUT2D eigenvalue weighted by Crippen LogP contribution is 2.25. The van der Waals surface area contributed by atoms with Gasteiger partial charge in [-0.1, -0.05) is 12.8 Å². The van der Waals surface area contributed by atoms with E-state index in [2.05, 4.69) is 17.3 Å². The average Bonchev–Trinajstić information content (AvgIpc) is 2.70. The molecule has 0 radical (unpaired) electrons. The maximum absolute atomic E-state index is 5.99. The van der Waals surface area contributed by atoms with E-state index in [0.29, 0.717) is 0 Å². The smallest absolute Gasteiger partial charge is 0.0435 e. The molecule has 1 heterocycles. The van der Waals surface area contributed by atoms with Crippen LogP contribution in [0.25, 0.3) is 0 Å². The Kier molecular flexibility index (Phi) is 3.65. The third-order valence-corrected chi connectivity index (χ3v) is 4.02. The van der Waals surface area contributed by atoms with Crippen LogP contribution >= 0.6 is 0 Å². The minimum absolute atomic E-state index is 0.210. The van der Waals surface area contributed by atoms with Gasteiger partial charge in [0, 0.05) is 24.7 Å². The molecular formula is C12H25N3. The Morgan fingerprint density at radius 1 is 1.33 bits per heavy atom.